The number of benzene rings is 1. The summed E-state index contributed by atoms with van der Waals surface area (Å²) in [6, 6.07) is 3.72. The van der Waals surface area contributed by atoms with Gasteiger partial charge in [0.1, 0.15) is 0 Å². The number of rotatable bonds is 1. The first kappa shape index (κ1) is 9.68. The second-order valence-electron chi connectivity index (χ2n) is 2.63. The third-order valence-electron chi connectivity index (χ3n) is 1.87. The Morgan fingerprint density at radius 1 is 1.54 bits per heavy atom. The van der Waals surface area contributed by atoms with Crippen LogP contribution in [0.15, 0.2) is 17.5 Å². The molecule has 0 nitrogen and oxygen atoms in total. The number of hydrogen-bond acceptors (Lipinski definition) is 1. The molecule has 2 aromatic rings. The summed E-state index contributed by atoms with van der Waals surface area (Å²) < 4.78 is 14.9. The van der Waals surface area contributed by atoms with E-state index in [2.05, 4.69) is 0 Å². The van der Waals surface area contributed by atoms with Gasteiger partial charge in [0.2, 0.25) is 0 Å². The predicted octanol–water partition coefficient (Wildman–Crippen LogP) is 4.38. The van der Waals surface area contributed by atoms with E-state index in [4.69, 9.17) is 11.6 Å². The van der Waals surface area contributed by atoms with Crippen LogP contribution in [0.1, 0.15) is 5.56 Å². The smallest absolute Gasteiger partial charge is 0.154 e. The van der Waals surface area contributed by atoms with Gasteiger partial charge in [-0.15, -0.1) is 22.9 Å². The van der Waals surface area contributed by atoms with E-state index in [1.54, 1.807) is 6.07 Å². The summed E-state index contributed by atoms with van der Waals surface area (Å²) in [4.78, 5) is 0. The maximum atomic E-state index is 13.5. The fraction of sp³-hybridized carbons (Fsp3) is 0.111. The van der Waals surface area contributed by atoms with Gasteiger partial charge in [0, 0.05) is 5.88 Å². The Kier molecular flexibility index (Phi) is 2.76. The van der Waals surface area contributed by atoms with E-state index >= 15 is 0 Å². The Hall–Kier alpha value is 0.130. The van der Waals surface area contributed by atoms with Crippen LogP contribution in [-0.4, -0.2) is 0 Å². The van der Waals surface area contributed by atoms with Gasteiger partial charge in [-0.3, -0.25) is 0 Å². The second-order valence-corrected chi connectivity index (χ2v) is 4.97. The monoisotopic (exact) mass is 326 g/mol. The first-order chi connectivity index (χ1) is 6.24. The first-order valence-electron chi connectivity index (χ1n) is 3.64. The van der Waals surface area contributed by atoms with Gasteiger partial charge in [-0.1, -0.05) is 0 Å². The molecule has 0 saturated heterocycles. The molecule has 13 heavy (non-hydrogen) atoms. The van der Waals surface area contributed by atoms with Crippen molar-refractivity contribution in [3.8, 4) is 0 Å². The average molecular weight is 327 g/mol. The molecule has 0 bridgehead atoms. The van der Waals surface area contributed by atoms with E-state index in [9.17, 15) is 4.39 Å². The number of thiophene rings is 1. The lowest BCUT2D eigenvalue weighted by atomic mass is 10.1. The molecular weight excluding hydrogens is 322 g/mol. The van der Waals surface area contributed by atoms with Gasteiger partial charge in [-0.05, 0) is 51.1 Å². The Bertz CT molecular complexity index is 452. The lowest BCUT2D eigenvalue weighted by molar-refractivity contribution is 0.634. The van der Waals surface area contributed by atoms with Gasteiger partial charge < -0.3 is 0 Å². The summed E-state index contributed by atoms with van der Waals surface area (Å²) >= 11 is 9.18. The van der Waals surface area contributed by atoms with Crippen LogP contribution in [-0.2, 0) is 5.88 Å². The maximum Gasteiger partial charge on any atom is 0.154 e. The van der Waals surface area contributed by atoms with Gasteiger partial charge in [0.15, 0.2) is 5.82 Å². The molecule has 0 radical (unpaired) electrons. The van der Waals surface area contributed by atoms with Crippen molar-refractivity contribution in [2.45, 2.75) is 5.88 Å². The van der Waals surface area contributed by atoms with Crippen molar-refractivity contribution in [1.29, 1.82) is 0 Å². The third kappa shape index (κ3) is 1.57. The van der Waals surface area contributed by atoms with Crippen LogP contribution in [0.3, 0.4) is 0 Å². The summed E-state index contributed by atoms with van der Waals surface area (Å²) in [5, 5.41) is 2.83. The molecule has 2 rings (SSSR count). The molecule has 1 heterocycles. The average Bonchev–Trinajstić information content (AvgIpc) is 2.60. The molecule has 68 valence electrons. The number of hydrogen-bond donors (Lipinski definition) is 0. The molecule has 0 N–H and O–H groups in total. The Morgan fingerprint density at radius 2 is 2.31 bits per heavy atom. The predicted molar refractivity (Wildman–Crippen MR) is 64.1 cm³/mol. The molecule has 0 fully saturated rings. The molecule has 0 unspecified atom stereocenters. The molecule has 0 aliphatic rings. The summed E-state index contributed by atoms with van der Waals surface area (Å²) in [5.74, 6) is 0.309. The van der Waals surface area contributed by atoms with Gasteiger partial charge in [0.25, 0.3) is 0 Å². The van der Waals surface area contributed by atoms with Crippen LogP contribution < -0.4 is 0 Å². The minimum absolute atomic E-state index is 0.125. The van der Waals surface area contributed by atoms with Crippen molar-refractivity contribution in [2.24, 2.45) is 0 Å². The quantitative estimate of drug-likeness (QED) is 0.539. The first-order valence-corrected chi connectivity index (χ1v) is 6.13. The Balaban J connectivity index is 2.87. The van der Waals surface area contributed by atoms with Crippen molar-refractivity contribution >= 4 is 55.6 Å². The highest BCUT2D eigenvalue weighted by molar-refractivity contribution is 14.1. The lowest BCUT2D eigenvalue weighted by Gasteiger charge is -2.01. The van der Waals surface area contributed by atoms with Gasteiger partial charge in [0.05, 0.1) is 8.27 Å². The standard InChI is InChI=1S/C9H5ClFIS/c10-4-5-3-7(12)8(11)9-6(5)1-2-13-9/h1-3H,4H2. The molecule has 1 aromatic heterocycles. The Morgan fingerprint density at radius 3 is 3.00 bits per heavy atom. The number of fused-ring (bicyclic) bond motifs is 1. The second kappa shape index (κ2) is 3.71. The highest BCUT2D eigenvalue weighted by atomic mass is 127. The highest BCUT2D eigenvalue weighted by Gasteiger charge is 2.10. The minimum atomic E-state index is -0.125. The van der Waals surface area contributed by atoms with Crippen LogP contribution >= 0.6 is 45.5 Å². The highest BCUT2D eigenvalue weighted by Crippen LogP contribution is 2.31. The van der Waals surface area contributed by atoms with Gasteiger partial charge >= 0.3 is 0 Å². The fourth-order valence-electron chi connectivity index (χ4n) is 1.25. The van der Waals surface area contributed by atoms with Crippen LogP contribution in [0, 0.1) is 9.39 Å². The van der Waals surface area contributed by atoms with E-state index < -0.39 is 0 Å². The van der Waals surface area contributed by atoms with Crippen molar-refractivity contribution in [3.63, 3.8) is 0 Å². The van der Waals surface area contributed by atoms with Crippen molar-refractivity contribution < 1.29 is 4.39 Å². The van der Waals surface area contributed by atoms with E-state index in [1.165, 1.54) is 11.3 Å². The molecule has 4 heteroatoms. The zero-order chi connectivity index (χ0) is 9.42. The summed E-state index contributed by atoms with van der Waals surface area (Å²) in [5.41, 5.74) is 1.00. The molecule has 0 atom stereocenters. The third-order valence-corrected chi connectivity index (χ3v) is 3.85. The number of halogens is 3. The molecule has 0 aliphatic heterocycles. The minimum Gasteiger partial charge on any atom is -0.204 e. The van der Waals surface area contributed by atoms with Gasteiger partial charge in [-0.25, -0.2) is 4.39 Å². The SMILES string of the molecule is Fc1c(I)cc(CCl)c2ccsc12. The Labute approximate surface area is 97.8 Å². The molecule has 0 amide bonds. The molecule has 0 spiro atoms. The van der Waals surface area contributed by atoms with Gasteiger partial charge in [-0.2, -0.15) is 0 Å². The van der Waals surface area contributed by atoms with Crippen LogP contribution in [0.25, 0.3) is 10.1 Å². The van der Waals surface area contributed by atoms with Crippen molar-refractivity contribution in [3.05, 3.63) is 32.5 Å². The van der Waals surface area contributed by atoms with E-state index in [0.717, 1.165) is 10.9 Å². The molecule has 1 aromatic carbocycles. The molecule has 0 saturated carbocycles. The lowest BCUT2D eigenvalue weighted by Crippen LogP contribution is -1.86. The summed E-state index contributed by atoms with van der Waals surface area (Å²) in [6.45, 7) is 0. The number of alkyl halides is 1. The normalized spacial score (nSPS) is 11.0. The topological polar surface area (TPSA) is 0 Å². The summed E-state index contributed by atoms with van der Waals surface area (Å²) in [6.07, 6.45) is 0. The molecule has 0 aliphatic carbocycles. The maximum absolute atomic E-state index is 13.5. The van der Waals surface area contributed by atoms with Crippen LogP contribution in [0.2, 0.25) is 0 Å². The van der Waals surface area contributed by atoms with E-state index in [1.807, 2.05) is 34.0 Å². The zero-order valence-corrected chi connectivity index (χ0v) is 10.2. The van der Waals surface area contributed by atoms with E-state index in [-0.39, 0.29) is 5.82 Å². The van der Waals surface area contributed by atoms with Crippen molar-refractivity contribution in [2.75, 3.05) is 0 Å². The van der Waals surface area contributed by atoms with Crippen LogP contribution in [0.5, 0.6) is 0 Å². The van der Waals surface area contributed by atoms with Crippen molar-refractivity contribution in [1.82, 2.24) is 0 Å². The fourth-order valence-corrected chi connectivity index (χ4v) is 3.17. The zero-order valence-electron chi connectivity index (χ0n) is 6.48. The largest absolute Gasteiger partial charge is 0.204 e. The van der Waals surface area contributed by atoms with E-state index in [0.29, 0.717) is 14.2 Å². The molecular formula is C9H5ClFIS. The summed E-state index contributed by atoms with van der Waals surface area (Å²) in [7, 11) is 0. The van der Waals surface area contributed by atoms with Crippen LogP contribution in [0.4, 0.5) is 4.39 Å².